The molecule has 8 nitrogen and oxygen atoms in total. The number of H-pyrrole nitrogens is 1. The van der Waals surface area contributed by atoms with Crippen LogP contribution in [0.5, 0.6) is 5.75 Å². The van der Waals surface area contributed by atoms with Gasteiger partial charge in [-0.15, -0.1) is 11.8 Å². The van der Waals surface area contributed by atoms with E-state index in [2.05, 4.69) is 4.98 Å². The fourth-order valence-electron chi connectivity index (χ4n) is 7.21. The van der Waals surface area contributed by atoms with Crippen molar-refractivity contribution < 1.29 is 24.6 Å². The molecule has 3 heterocycles. The molecule has 3 N–H and O–H groups in total. The lowest BCUT2D eigenvalue weighted by molar-refractivity contribution is -0.156. The summed E-state index contributed by atoms with van der Waals surface area (Å²) < 4.78 is 0. The molecule has 3 fully saturated rings. The van der Waals surface area contributed by atoms with Crippen molar-refractivity contribution in [3.63, 3.8) is 0 Å². The van der Waals surface area contributed by atoms with Gasteiger partial charge in [0.1, 0.15) is 11.8 Å². The number of carboxylic acids is 1. The molecule has 35 heavy (non-hydrogen) atoms. The van der Waals surface area contributed by atoms with Crippen molar-refractivity contribution in [2.45, 2.75) is 48.9 Å². The highest BCUT2D eigenvalue weighted by atomic mass is 32.2. The summed E-state index contributed by atoms with van der Waals surface area (Å²) >= 11 is 2.71. The monoisotopic (exact) mass is 514 g/mol. The Morgan fingerprint density at radius 2 is 1.83 bits per heavy atom. The van der Waals surface area contributed by atoms with Gasteiger partial charge in [-0.25, -0.2) is 4.79 Å². The molecule has 0 unspecified atom stereocenters. The second-order valence-electron chi connectivity index (χ2n) is 10.5. The van der Waals surface area contributed by atoms with E-state index in [-0.39, 0.29) is 63.7 Å². The first kappa shape index (κ1) is 22.8. The lowest BCUT2D eigenvalue weighted by Crippen LogP contribution is -2.47. The number of rotatable bonds is 5. The van der Waals surface area contributed by atoms with Gasteiger partial charge in [0.05, 0.1) is 16.9 Å². The number of nitrogens with one attached hydrogen (secondary N) is 1. The predicted molar refractivity (Wildman–Crippen MR) is 129 cm³/mol. The zero-order valence-electron chi connectivity index (χ0n) is 19.2. The number of fused-ring (bicyclic) bond motifs is 9. The summed E-state index contributed by atoms with van der Waals surface area (Å²) in [5.41, 5.74) is 0.722. The number of phenols is 1. The third-order valence-electron chi connectivity index (χ3n) is 8.32. The number of imide groups is 1. The average Bonchev–Trinajstić information content (AvgIpc) is 3.52. The van der Waals surface area contributed by atoms with Crippen LogP contribution < -0.4 is 4.87 Å². The van der Waals surface area contributed by atoms with Gasteiger partial charge in [-0.05, 0) is 42.6 Å². The lowest BCUT2D eigenvalue weighted by atomic mass is 9.68. The normalized spacial score (nSPS) is 33.7. The van der Waals surface area contributed by atoms with Crippen LogP contribution in [0.1, 0.15) is 43.0 Å². The molecule has 8 atom stereocenters. The molecule has 10 heteroatoms. The maximum atomic E-state index is 13.7. The van der Waals surface area contributed by atoms with Crippen LogP contribution in [0.4, 0.5) is 0 Å². The molecule has 2 aliphatic heterocycles. The van der Waals surface area contributed by atoms with Crippen LogP contribution in [0.15, 0.2) is 34.1 Å². The molecule has 2 bridgehead atoms. The van der Waals surface area contributed by atoms with E-state index in [1.165, 1.54) is 0 Å². The van der Waals surface area contributed by atoms with Gasteiger partial charge in [0.15, 0.2) is 0 Å². The molecule has 1 saturated heterocycles. The molecule has 2 amide bonds. The summed E-state index contributed by atoms with van der Waals surface area (Å²) in [6.45, 7) is 3.76. The fourth-order valence-corrected chi connectivity index (χ4v) is 10.1. The highest BCUT2D eigenvalue weighted by molar-refractivity contribution is 8.00. The molecular weight excluding hydrogens is 488 g/mol. The van der Waals surface area contributed by atoms with Crippen LogP contribution >= 0.6 is 23.1 Å². The molecule has 2 aliphatic carbocycles. The number of aliphatic carboxylic acids is 1. The second-order valence-corrected chi connectivity index (χ2v) is 12.8. The van der Waals surface area contributed by atoms with Crippen molar-refractivity contribution >= 4 is 40.9 Å². The molecule has 1 aromatic carbocycles. The van der Waals surface area contributed by atoms with E-state index in [0.29, 0.717) is 6.42 Å². The van der Waals surface area contributed by atoms with Gasteiger partial charge >= 0.3 is 10.8 Å². The molecule has 6 rings (SSSR count). The molecular formula is C25H26N2O6S2. The van der Waals surface area contributed by atoms with Crippen LogP contribution in [0.25, 0.3) is 0 Å². The molecule has 4 aliphatic rings. The van der Waals surface area contributed by atoms with Gasteiger partial charge in [-0.1, -0.05) is 43.4 Å². The quantitative estimate of drug-likeness (QED) is 0.523. The Kier molecular flexibility index (Phi) is 5.20. The van der Waals surface area contributed by atoms with Crippen LogP contribution in [0, 0.1) is 35.5 Å². The topological polar surface area (TPSA) is 128 Å². The summed E-state index contributed by atoms with van der Waals surface area (Å²) in [7, 11) is 0. The standard InChI is InChI=1S/C25H26N2O6S2/c1-9(2)7-13(24(31)32)27-22(29)17-11-8-12(18(17)23(27)30)19-16(11)15(10-5-3-4-6-14(10)28)20-21(34-19)26-25(33)35-20/h3-6,9,11-13,15-19,28H,7-8H2,1-2H3,(H,26,33)(H,31,32)/t11-,12+,13-,15+,16+,17+,18+,19-/m1/s1. The first-order valence-electron chi connectivity index (χ1n) is 12.0. The number of thiazole rings is 1. The molecule has 2 saturated carbocycles. The van der Waals surface area contributed by atoms with Crippen LogP contribution in [-0.2, 0) is 14.4 Å². The molecule has 0 radical (unpaired) electrons. The van der Waals surface area contributed by atoms with E-state index in [0.717, 1.165) is 31.7 Å². The first-order valence-corrected chi connectivity index (χ1v) is 13.7. The summed E-state index contributed by atoms with van der Waals surface area (Å²) in [6, 6.07) is 5.95. The summed E-state index contributed by atoms with van der Waals surface area (Å²) in [5, 5.41) is 21.4. The van der Waals surface area contributed by atoms with Crippen LogP contribution in [0.3, 0.4) is 0 Å². The van der Waals surface area contributed by atoms with Crippen molar-refractivity contribution in [3.8, 4) is 5.75 Å². The second kappa shape index (κ2) is 7.96. The fraction of sp³-hybridized carbons (Fsp3) is 0.520. The van der Waals surface area contributed by atoms with Crippen molar-refractivity contribution in [1.82, 2.24) is 9.88 Å². The van der Waals surface area contributed by atoms with E-state index in [9.17, 15) is 29.4 Å². The third-order valence-corrected chi connectivity index (χ3v) is 10.9. The van der Waals surface area contributed by atoms with E-state index < -0.39 is 23.8 Å². The number of amides is 2. The predicted octanol–water partition coefficient (Wildman–Crippen LogP) is 3.11. The number of benzene rings is 1. The number of aromatic hydroxyl groups is 1. The Hall–Kier alpha value is -2.59. The van der Waals surface area contributed by atoms with E-state index in [1.54, 1.807) is 23.9 Å². The van der Waals surface area contributed by atoms with Crippen LogP contribution in [-0.4, -0.2) is 49.2 Å². The largest absolute Gasteiger partial charge is 0.508 e. The zero-order chi connectivity index (χ0) is 24.8. The van der Waals surface area contributed by atoms with Crippen molar-refractivity contribution in [2.24, 2.45) is 35.5 Å². The summed E-state index contributed by atoms with van der Waals surface area (Å²) in [4.78, 5) is 56.3. The van der Waals surface area contributed by atoms with Gasteiger partial charge < -0.3 is 15.2 Å². The summed E-state index contributed by atoms with van der Waals surface area (Å²) in [5.74, 6) is -3.28. The number of aromatic nitrogens is 1. The van der Waals surface area contributed by atoms with Crippen molar-refractivity contribution in [3.05, 3.63) is 44.4 Å². The Bertz CT molecular complexity index is 1300. The van der Waals surface area contributed by atoms with E-state index in [4.69, 9.17) is 0 Å². The Morgan fingerprint density at radius 1 is 1.14 bits per heavy atom. The number of likely N-dealkylation sites (tertiary alicyclic amines) is 1. The minimum Gasteiger partial charge on any atom is -0.508 e. The third kappa shape index (κ3) is 3.18. The van der Waals surface area contributed by atoms with E-state index >= 15 is 0 Å². The minimum absolute atomic E-state index is 0.00585. The maximum Gasteiger partial charge on any atom is 0.326 e. The molecule has 2 aromatic rings. The van der Waals surface area contributed by atoms with Gasteiger partial charge in [-0.3, -0.25) is 19.3 Å². The van der Waals surface area contributed by atoms with E-state index in [1.807, 2.05) is 26.0 Å². The zero-order valence-corrected chi connectivity index (χ0v) is 20.8. The van der Waals surface area contributed by atoms with Crippen molar-refractivity contribution in [1.29, 1.82) is 0 Å². The number of nitrogens with zero attached hydrogens (tertiary/aromatic N) is 1. The summed E-state index contributed by atoms with van der Waals surface area (Å²) in [6.07, 6.45) is 0.941. The van der Waals surface area contributed by atoms with Crippen LogP contribution in [0.2, 0.25) is 0 Å². The van der Waals surface area contributed by atoms with Gasteiger partial charge in [-0.2, -0.15) is 0 Å². The maximum absolute atomic E-state index is 13.7. The number of thioether (sulfide) groups is 1. The molecule has 1 aromatic heterocycles. The Balaban J connectivity index is 1.43. The number of para-hydroxylation sites is 1. The number of phenolic OH excluding ortho intramolecular Hbond substituents is 1. The number of hydrogen-bond acceptors (Lipinski definition) is 7. The number of aromatic amines is 1. The highest BCUT2D eigenvalue weighted by Gasteiger charge is 2.70. The molecule has 184 valence electrons. The molecule has 0 spiro atoms. The van der Waals surface area contributed by atoms with Gasteiger partial charge in [0, 0.05) is 21.6 Å². The van der Waals surface area contributed by atoms with Crippen molar-refractivity contribution in [2.75, 3.05) is 0 Å². The average molecular weight is 515 g/mol. The van der Waals surface area contributed by atoms with Gasteiger partial charge in [0.25, 0.3) is 0 Å². The smallest absolute Gasteiger partial charge is 0.326 e. The Labute approximate surface area is 209 Å². The Morgan fingerprint density at radius 3 is 2.49 bits per heavy atom. The van der Waals surface area contributed by atoms with Gasteiger partial charge in [0.2, 0.25) is 11.8 Å². The highest BCUT2D eigenvalue weighted by Crippen LogP contribution is 2.69. The first-order chi connectivity index (χ1) is 16.7. The minimum atomic E-state index is -1.15. The lowest BCUT2D eigenvalue weighted by Gasteiger charge is -2.43. The number of carbonyl (C=O) groups excluding carboxylic acids is 2. The number of carboxylic acid groups (broad SMARTS) is 1. The SMILES string of the molecule is CC(C)C[C@H](C(=O)O)N1C(=O)[C@H]2[C@@H]3C[C@@H]([C@@H]2C1=O)[C@H]1[C@H](c2ccccc2O)c2sc(=O)[nH]c2S[C@H]31. The number of carbonyl (C=O) groups is 3. The number of hydrogen-bond donors (Lipinski definition) is 3.